The van der Waals surface area contributed by atoms with Crippen LogP contribution >= 0.6 is 0 Å². The third kappa shape index (κ3) is 1.63. The van der Waals surface area contributed by atoms with Crippen LogP contribution in [-0.4, -0.2) is 41.2 Å². The largest absolute Gasteiger partial charge is 0.343 e. The van der Waals surface area contributed by atoms with E-state index < -0.39 is 10.0 Å². The molecule has 1 aliphatic heterocycles. The molecule has 0 radical (unpaired) electrons. The molecule has 1 saturated carbocycles. The van der Waals surface area contributed by atoms with E-state index in [1.165, 1.54) is 6.39 Å². The maximum Gasteiger partial charge on any atom is 0.217 e. The highest BCUT2D eigenvalue weighted by Gasteiger charge is 2.43. The molecule has 0 bridgehead atoms. The van der Waals surface area contributed by atoms with Crippen molar-refractivity contribution in [3.8, 4) is 0 Å². The fourth-order valence-corrected chi connectivity index (χ4v) is 4.01. The average Bonchev–Trinajstić information content (AvgIpc) is 2.82. The van der Waals surface area contributed by atoms with Crippen LogP contribution in [0.5, 0.6) is 0 Å². The van der Waals surface area contributed by atoms with E-state index in [1.807, 2.05) is 0 Å². The third-order valence-corrected chi connectivity index (χ3v) is 5.57. The molecule has 7 heteroatoms. The molecule has 3 rings (SSSR count). The highest BCUT2D eigenvalue weighted by Crippen LogP contribution is 2.35. The summed E-state index contributed by atoms with van der Waals surface area (Å²) in [7, 11) is -3.04. The van der Waals surface area contributed by atoms with Gasteiger partial charge in [-0.2, -0.15) is 4.98 Å². The van der Waals surface area contributed by atoms with E-state index >= 15 is 0 Å². The molecule has 0 spiro atoms. The number of rotatable bonds is 3. The Bertz CT molecular complexity index is 466. The van der Waals surface area contributed by atoms with Crippen LogP contribution in [-0.2, 0) is 10.0 Å². The van der Waals surface area contributed by atoms with Gasteiger partial charge in [-0.3, -0.25) is 0 Å². The summed E-state index contributed by atoms with van der Waals surface area (Å²) in [5.41, 5.74) is 0. The normalized spacial score (nSPS) is 27.4. The molecule has 16 heavy (non-hydrogen) atoms. The number of hydrogen-bond donors (Lipinski definition) is 0. The van der Waals surface area contributed by atoms with Crippen LogP contribution < -0.4 is 0 Å². The molecule has 1 aliphatic carbocycles. The summed E-state index contributed by atoms with van der Waals surface area (Å²) in [5, 5.41) is 3.64. The molecule has 2 aliphatic rings. The lowest BCUT2D eigenvalue weighted by Crippen LogP contribution is -2.31. The molecule has 1 saturated heterocycles. The van der Waals surface area contributed by atoms with Gasteiger partial charge in [0.2, 0.25) is 16.4 Å². The van der Waals surface area contributed by atoms with Crippen molar-refractivity contribution in [1.29, 1.82) is 0 Å². The summed E-state index contributed by atoms with van der Waals surface area (Å²) in [6, 6.07) is 0. The fourth-order valence-electron chi connectivity index (χ4n) is 2.11. The van der Waals surface area contributed by atoms with Gasteiger partial charge in [-0.1, -0.05) is 5.16 Å². The Morgan fingerprint density at radius 2 is 2.19 bits per heavy atom. The van der Waals surface area contributed by atoms with Gasteiger partial charge in [-0.25, -0.2) is 12.7 Å². The standard InChI is InChI=1S/C9H13N3O3S/c13-16(14,8-1-2-8)12-4-3-7(5-12)9-10-6-15-11-9/h6-8H,1-5H2. The van der Waals surface area contributed by atoms with E-state index in [0.717, 1.165) is 19.3 Å². The second-order valence-corrected chi connectivity index (χ2v) is 6.59. The maximum atomic E-state index is 12.0. The van der Waals surface area contributed by atoms with E-state index in [0.29, 0.717) is 18.9 Å². The lowest BCUT2D eigenvalue weighted by molar-refractivity contribution is 0.403. The zero-order chi connectivity index (χ0) is 11.2. The third-order valence-electron chi connectivity index (χ3n) is 3.20. The Hall–Kier alpha value is -0.950. The lowest BCUT2D eigenvalue weighted by Gasteiger charge is -2.15. The monoisotopic (exact) mass is 243 g/mol. The van der Waals surface area contributed by atoms with Gasteiger partial charge in [0, 0.05) is 19.0 Å². The summed E-state index contributed by atoms with van der Waals surface area (Å²) in [4.78, 5) is 3.98. The van der Waals surface area contributed by atoms with Crippen molar-refractivity contribution >= 4 is 10.0 Å². The highest BCUT2D eigenvalue weighted by atomic mass is 32.2. The first-order valence-electron chi connectivity index (χ1n) is 5.43. The number of nitrogens with zero attached hydrogens (tertiary/aromatic N) is 3. The minimum atomic E-state index is -3.04. The minimum absolute atomic E-state index is 0.0901. The number of aromatic nitrogens is 2. The Kier molecular flexibility index (Phi) is 2.25. The van der Waals surface area contributed by atoms with Crippen molar-refractivity contribution in [3.63, 3.8) is 0 Å². The minimum Gasteiger partial charge on any atom is -0.343 e. The van der Waals surface area contributed by atoms with E-state index in [4.69, 9.17) is 0 Å². The van der Waals surface area contributed by atoms with Crippen LogP contribution in [0.2, 0.25) is 0 Å². The topological polar surface area (TPSA) is 76.3 Å². The molecule has 2 fully saturated rings. The molecule has 6 nitrogen and oxygen atoms in total. The molecular weight excluding hydrogens is 230 g/mol. The van der Waals surface area contributed by atoms with Gasteiger partial charge in [0.25, 0.3) is 0 Å². The summed E-state index contributed by atoms with van der Waals surface area (Å²) in [6.45, 7) is 1.08. The molecule has 88 valence electrons. The van der Waals surface area contributed by atoms with Crippen molar-refractivity contribution in [1.82, 2.24) is 14.4 Å². The molecule has 0 aromatic carbocycles. The smallest absolute Gasteiger partial charge is 0.217 e. The van der Waals surface area contributed by atoms with Gasteiger partial charge in [-0.15, -0.1) is 0 Å². The molecule has 0 N–H and O–H groups in total. The van der Waals surface area contributed by atoms with E-state index in [1.54, 1.807) is 4.31 Å². The van der Waals surface area contributed by atoms with Gasteiger partial charge in [-0.05, 0) is 19.3 Å². The van der Waals surface area contributed by atoms with Crippen molar-refractivity contribution in [2.24, 2.45) is 0 Å². The predicted molar refractivity (Wildman–Crippen MR) is 55.2 cm³/mol. The first-order chi connectivity index (χ1) is 7.68. The van der Waals surface area contributed by atoms with E-state index in [-0.39, 0.29) is 11.2 Å². The quantitative estimate of drug-likeness (QED) is 0.765. The van der Waals surface area contributed by atoms with Gasteiger partial charge < -0.3 is 4.52 Å². The summed E-state index contributed by atoms with van der Waals surface area (Å²) >= 11 is 0. The second-order valence-electron chi connectivity index (χ2n) is 4.38. The summed E-state index contributed by atoms with van der Waals surface area (Å²) < 4.78 is 30.2. The fraction of sp³-hybridized carbons (Fsp3) is 0.778. The summed E-state index contributed by atoms with van der Waals surface area (Å²) in [5.74, 6) is 0.709. The average molecular weight is 243 g/mol. The molecule has 1 unspecified atom stereocenters. The van der Waals surface area contributed by atoms with Crippen LogP contribution in [0.1, 0.15) is 31.0 Å². The van der Waals surface area contributed by atoms with Gasteiger partial charge in [0.1, 0.15) is 0 Å². The Labute approximate surface area is 93.7 Å². The second kappa shape index (κ2) is 3.53. The van der Waals surface area contributed by atoms with Crippen LogP contribution in [0.15, 0.2) is 10.9 Å². The van der Waals surface area contributed by atoms with Gasteiger partial charge >= 0.3 is 0 Å². The zero-order valence-corrected chi connectivity index (χ0v) is 9.56. The zero-order valence-electron chi connectivity index (χ0n) is 8.74. The van der Waals surface area contributed by atoms with Crippen molar-refractivity contribution in [2.45, 2.75) is 30.4 Å². The first kappa shape index (κ1) is 10.2. The van der Waals surface area contributed by atoms with Crippen LogP contribution in [0.3, 0.4) is 0 Å². The number of hydrogen-bond acceptors (Lipinski definition) is 5. The molecule has 1 atom stereocenters. The Morgan fingerprint density at radius 3 is 2.81 bits per heavy atom. The molecule has 0 amide bonds. The van der Waals surface area contributed by atoms with Crippen LogP contribution in [0, 0.1) is 0 Å². The molecule has 1 aromatic heterocycles. The highest BCUT2D eigenvalue weighted by molar-refractivity contribution is 7.90. The van der Waals surface area contributed by atoms with Crippen LogP contribution in [0.25, 0.3) is 0 Å². The van der Waals surface area contributed by atoms with Crippen molar-refractivity contribution in [2.75, 3.05) is 13.1 Å². The van der Waals surface area contributed by atoms with E-state index in [9.17, 15) is 8.42 Å². The van der Waals surface area contributed by atoms with E-state index in [2.05, 4.69) is 14.7 Å². The molecule has 2 heterocycles. The van der Waals surface area contributed by atoms with Crippen LogP contribution in [0.4, 0.5) is 0 Å². The predicted octanol–water partition coefficient (Wildman–Crippen LogP) is 0.351. The Balaban J connectivity index is 1.74. The van der Waals surface area contributed by atoms with Gasteiger partial charge in [0.15, 0.2) is 5.82 Å². The van der Waals surface area contributed by atoms with Crippen molar-refractivity contribution < 1.29 is 12.9 Å². The SMILES string of the molecule is O=S(=O)(C1CC1)N1CCC(c2ncon2)C1. The lowest BCUT2D eigenvalue weighted by atomic mass is 10.1. The first-order valence-corrected chi connectivity index (χ1v) is 6.93. The summed E-state index contributed by atoms with van der Waals surface area (Å²) in [6.07, 6.45) is 3.69. The van der Waals surface area contributed by atoms with Crippen molar-refractivity contribution in [3.05, 3.63) is 12.2 Å². The molecular formula is C9H13N3O3S. The van der Waals surface area contributed by atoms with Gasteiger partial charge in [0.05, 0.1) is 5.25 Å². The number of sulfonamides is 1. The Morgan fingerprint density at radius 1 is 1.38 bits per heavy atom. The maximum absolute atomic E-state index is 12.0. The molecule has 1 aromatic rings.